The van der Waals surface area contributed by atoms with E-state index >= 15 is 0 Å². The summed E-state index contributed by atoms with van der Waals surface area (Å²) in [6.45, 7) is 7.54. The van der Waals surface area contributed by atoms with Crippen LogP contribution in [0.1, 0.15) is 11.1 Å². The number of nitrogens with zero attached hydrogens (tertiary/aromatic N) is 3. The molecule has 0 saturated carbocycles. The molecule has 0 aromatic heterocycles. The molecule has 2 aromatic rings. The normalized spacial score (nSPS) is 18.3. The van der Waals surface area contributed by atoms with Gasteiger partial charge in [-0.3, -0.25) is 14.6 Å². The average molecular weight is 410 g/mol. The topological polar surface area (TPSA) is 56.3 Å². The fraction of sp³-hybridized carbons (Fsp3) is 0.458. The van der Waals surface area contributed by atoms with Gasteiger partial charge in [0.2, 0.25) is 5.91 Å². The van der Waals surface area contributed by atoms with Gasteiger partial charge in [-0.25, -0.2) is 0 Å². The SMILES string of the molecule is Cc1ccc(OCC(O)CN2CCN(CC(=O)N3CCc4ccccc43)CC2)cc1. The Morgan fingerprint density at radius 3 is 2.47 bits per heavy atom. The lowest BCUT2D eigenvalue weighted by atomic mass is 10.2. The molecule has 2 aliphatic rings. The minimum absolute atomic E-state index is 0.180. The molecule has 6 heteroatoms. The molecule has 1 unspecified atom stereocenters. The Hall–Kier alpha value is -2.41. The predicted molar refractivity (Wildman–Crippen MR) is 118 cm³/mol. The molecule has 2 heterocycles. The Balaban J connectivity index is 1.18. The van der Waals surface area contributed by atoms with Gasteiger partial charge in [0, 0.05) is 45.0 Å². The molecule has 0 bridgehead atoms. The molecule has 1 atom stereocenters. The number of carbonyl (C=O) groups excluding carboxylic acids is 1. The molecule has 6 nitrogen and oxygen atoms in total. The third kappa shape index (κ3) is 5.19. The molecule has 1 saturated heterocycles. The molecule has 160 valence electrons. The number of benzene rings is 2. The maximum absolute atomic E-state index is 12.8. The minimum atomic E-state index is -0.527. The van der Waals surface area contributed by atoms with Crippen molar-refractivity contribution in [3.05, 3.63) is 59.7 Å². The molecule has 2 aromatic carbocycles. The number of ether oxygens (including phenoxy) is 1. The lowest BCUT2D eigenvalue weighted by Crippen LogP contribution is -2.51. The van der Waals surface area contributed by atoms with Crippen molar-refractivity contribution in [1.82, 2.24) is 9.80 Å². The van der Waals surface area contributed by atoms with Crippen molar-refractivity contribution in [3.8, 4) is 5.75 Å². The van der Waals surface area contributed by atoms with Crippen molar-refractivity contribution in [1.29, 1.82) is 0 Å². The minimum Gasteiger partial charge on any atom is -0.491 e. The van der Waals surface area contributed by atoms with Crippen LogP contribution in [0, 0.1) is 6.92 Å². The fourth-order valence-corrected chi connectivity index (χ4v) is 4.18. The summed E-state index contributed by atoms with van der Waals surface area (Å²) in [7, 11) is 0. The predicted octanol–water partition coefficient (Wildman–Crippen LogP) is 1.94. The summed E-state index contributed by atoms with van der Waals surface area (Å²) >= 11 is 0. The van der Waals surface area contributed by atoms with Crippen LogP contribution in [0.2, 0.25) is 0 Å². The Morgan fingerprint density at radius 1 is 1.00 bits per heavy atom. The first-order valence-corrected chi connectivity index (χ1v) is 10.8. The van der Waals surface area contributed by atoms with E-state index in [0.717, 1.165) is 50.6 Å². The number of hydrogen-bond donors (Lipinski definition) is 1. The van der Waals surface area contributed by atoms with E-state index in [0.29, 0.717) is 13.1 Å². The second kappa shape index (κ2) is 9.60. The Labute approximate surface area is 178 Å². The third-order valence-electron chi connectivity index (χ3n) is 5.94. The van der Waals surface area contributed by atoms with Crippen molar-refractivity contribution in [2.24, 2.45) is 0 Å². The number of β-amino-alcohol motifs (C(OH)–C–C–N with tert-alkyl or cyclic N) is 1. The van der Waals surface area contributed by atoms with Gasteiger partial charge in [0.25, 0.3) is 0 Å². The fourth-order valence-electron chi connectivity index (χ4n) is 4.18. The highest BCUT2D eigenvalue weighted by molar-refractivity contribution is 5.96. The molecule has 1 amide bonds. The highest BCUT2D eigenvalue weighted by Gasteiger charge is 2.27. The zero-order valence-corrected chi connectivity index (χ0v) is 17.7. The van der Waals surface area contributed by atoms with Gasteiger partial charge in [-0.2, -0.15) is 0 Å². The first kappa shape index (κ1) is 20.8. The van der Waals surface area contributed by atoms with Gasteiger partial charge < -0.3 is 14.7 Å². The maximum Gasteiger partial charge on any atom is 0.241 e. The van der Waals surface area contributed by atoms with E-state index in [1.165, 1.54) is 11.1 Å². The molecule has 2 aliphatic heterocycles. The van der Waals surface area contributed by atoms with Crippen molar-refractivity contribution >= 4 is 11.6 Å². The largest absolute Gasteiger partial charge is 0.491 e. The Bertz CT molecular complexity index is 847. The van der Waals surface area contributed by atoms with Gasteiger partial charge in [0.1, 0.15) is 18.5 Å². The van der Waals surface area contributed by atoms with E-state index < -0.39 is 6.10 Å². The molecular weight excluding hydrogens is 378 g/mol. The molecule has 1 fully saturated rings. The number of aliphatic hydroxyl groups excluding tert-OH is 1. The molecule has 1 N–H and O–H groups in total. The lowest BCUT2D eigenvalue weighted by molar-refractivity contribution is -0.120. The van der Waals surface area contributed by atoms with Crippen molar-refractivity contribution < 1.29 is 14.6 Å². The second-order valence-electron chi connectivity index (χ2n) is 8.28. The van der Waals surface area contributed by atoms with Crippen LogP contribution in [0.25, 0.3) is 0 Å². The highest BCUT2D eigenvalue weighted by Crippen LogP contribution is 2.27. The van der Waals surface area contributed by atoms with Gasteiger partial charge >= 0.3 is 0 Å². The van der Waals surface area contributed by atoms with Gasteiger partial charge in [-0.1, -0.05) is 35.9 Å². The van der Waals surface area contributed by atoms with Gasteiger partial charge in [-0.15, -0.1) is 0 Å². The number of aliphatic hydroxyl groups is 1. The molecule has 0 radical (unpaired) electrons. The van der Waals surface area contributed by atoms with Crippen LogP contribution in [0.4, 0.5) is 5.69 Å². The molecule has 4 rings (SSSR count). The zero-order valence-electron chi connectivity index (χ0n) is 17.7. The molecular formula is C24H31N3O3. The first-order valence-electron chi connectivity index (χ1n) is 10.8. The quantitative estimate of drug-likeness (QED) is 0.758. The maximum atomic E-state index is 12.8. The number of carbonyl (C=O) groups is 1. The van der Waals surface area contributed by atoms with Crippen molar-refractivity contribution in [2.45, 2.75) is 19.4 Å². The van der Waals surface area contributed by atoms with Crippen molar-refractivity contribution in [3.63, 3.8) is 0 Å². The van der Waals surface area contributed by atoms with E-state index in [4.69, 9.17) is 4.74 Å². The van der Waals surface area contributed by atoms with Crippen molar-refractivity contribution in [2.75, 3.05) is 57.3 Å². The number of fused-ring (bicyclic) bond motifs is 1. The summed E-state index contributed by atoms with van der Waals surface area (Å²) in [5, 5.41) is 10.3. The summed E-state index contributed by atoms with van der Waals surface area (Å²) in [5.74, 6) is 0.964. The standard InChI is InChI=1S/C24H31N3O3/c1-19-6-8-22(9-7-19)30-18-21(28)16-25-12-14-26(15-13-25)17-24(29)27-11-10-20-4-2-3-5-23(20)27/h2-9,21,28H,10-18H2,1H3. The zero-order chi connectivity index (χ0) is 20.9. The number of piperazine rings is 1. The number of anilines is 1. The Kier molecular flexibility index (Phi) is 6.67. The van der Waals surface area contributed by atoms with Gasteiger partial charge in [0.05, 0.1) is 6.54 Å². The number of aryl methyl sites for hydroxylation is 1. The van der Waals surface area contributed by atoms with Crippen LogP contribution in [0.15, 0.2) is 48.5 Å². The third-order valence-corrected chi connectivity index (χ3v) is 5.94. The van der Waals surface area contributed by atoms with Gasteiger partial charge in [-0.05, 0) is 37.1 Å². The van der Waals surface area contributed by atoms with Crippen LogP contribution < -0.4 is 9.64 Å². The summed E-state index contributed by atoms with van der Waals surface area (Å²) in [6, 6.07) is 16.0. The van der Waals surface area contributed by atoms with Gasteiger partial charge in [0.15, 0.2) is 0 Å². The monoisotopic (exact) mass is 409 g/mol. The number of para-hydroxylation sites is 1. The molecule has 0 aliphatic carbocycles. The summed E-state index contributed by atoms with van der Waals surface area (Å²) in [5.41, 5.74) is 3.52. The van der Waals surface area contributed by atoms with E-state index in [1.54, 1.807) is 0 Å². The smallest absolute Gasteiger partial charge is 0.241 e. The van der Waals surface area contributed by atoms with Crippen LogP contribution >= 0.6 is 0 Å². The number of amides is 1. The number of hydrogen-bond acceptors (Lipinski definition) is 5. The molecule has 0 spiro atoms. The van der Waals surface area contributed by atoms with Crippen LogP contribution in [0.3, 0.4) is 0 Å². The van der Waals surface area contributed by atoms with E-state index in [1.807, 2.05) is 54.3 Å². The molecule has 30 heavy (non-hydrogen) atoms. The first-order chi connectivity index (χ1) is 14.6. The average Bonchev–Trinajstić information content (AvgIpc) is 3.19. The van der Waals surface area contributed by atoms with Crippen LogP contribution in [0.5, 0.6) is 5.75 Å². The summed E-state index contributed by atoms with van der Waals surface area (Å²) < 4.78 is 5.69. The van der Waals surface area contributed by atoms with Crippen LogP contribution in [-0.2, 0) is 11.2 Å². The second-order valence-corrected chi connectivity index (χ2v) is 8.28. The van der Waals surface area contributed by atoms with E-state index in [9.17, 15) is 9.90 Å². The van der Waals surface area contributed by atoms with E-state index in [-0.39, 0.29) is 12.5 Å². The summed E-state index contributed by atoms with van der Waals surface area (Å²) in [6.07, 6.45) is 0.415. The van der Waals surface area contributed by atoms with E-state index in [2.05, 4.69) is 15.9 Å². The highest BCUT2D eigenvalue weighted by atomic mass is 16.5. The lowest BCUT2D eigenvalue weighted by Gasteiger charge is -2.35. The number of rotatable bonds is 7. The summed E-state index contributed by atoms with van der Waals surface area (Å²) in [4.78, 5) is 19.2. The Morgan fingerprint density at radius 2 is 1.70 bits per heavy atom. The van der Waals surface area contributed by atoms with Crippen LogP contribution in [-0.4, -0.2) is 79.3 Å².